The summed E-state index contributed by atoms with van der Waals surface area (Å²) >= 11 is 0. The van der Waals surface area contributed by atoms with E-state index >= 15 is 0 Å². The fourth-order valence-electron chi connectivity index (χ4n) is 2.18. The molecule has 0 aliphatic rings. The van der Waals surface area contributed by atoms with Crippen LogP contribution in [0.4, 0.5) is 11.4 Å². The number of rotatable bonds is 4. The number of nitrogens with one attached hydrogen (secondary N) is 2. The minimum atomic E-state index is -0.725. The van der Waals surface area contributed by atoms with Crippen molar-refractivity contribution < 1.29 is 14.3 Å². The third-order valence-corrected chi connectivity index (χ3v) is 3.36. The van der Waals surface area contributed by atoms with E-state index in [-0.39, 0.29) is 5.92 Å². The summed E-state index contributed by atoms with van der Waals surface area (Å²) in [7, 11) is 1.54. The van der Waals surface area contributed by atoms with Crippen LogP contribution >= 0.6 is 0 Å². The van der Waals surface area contributed by atoms with Crippen molar-refractivity contribution >= 4 is 23.2 Å². The van der Waals surface area contributed by atoms with Gasteiger partial charge >= 0.3 is 11.8 Å². The first-order valence-electron chi connectivity index (χ1n) is 7.36. The van der Waals surface area contributed by atoms with Gasteiger partial charge in [-0.3, -0.25) is 9.59 Å². The largest absolute Gasteiger partial charge is 0.497 e. The highest BCUT2D eigenvalue weighted by atomic mass is 16.5. The van der Waals surface area contributed by atoms with Gasteiger partial charge in [0.05, 0.1) is 7.11 Å². The number of benzene rings is 2. The predicted octanol–water partition coefficient (Wildman–Crippen LogP) is 3.40. The van der Waals surface area contributed by atoms with Gasteiger partial charge in [0.2, 0.25) is 0 Å². The van der Waals surface area contributed by atoms with E-state index in [0.29, 0.717) is 17.1 Å². The Kier molecular flexibility index (Phi) is 5.36. The number of amides is 2. The van der Waals surface area contributed by atoms with Gasteiger partial charge in [-0.2, -0.15) is 0 Å². The number of carbonyl (C=O) groups is 2. The van der Waals surface area contributed by atoms with E-state index in [2.05, 4.69) is 10.6 Å². The van der Waals surface area contributed by atoms with Crippen LogP contribution in [0.25, 0.3) is 0 Å². The Hall–Kier alpha value is -2.82. The predicted molar refractivity (Wildman–Crippen MR) is 90.8 cm³/mol. The molecule has 2 aromatic carbocycles. The van der Waals surface area contributed by atoms with Crippen molar-refractivity contribution in [3.63, 3.8) is 0 Å². The number of hydrogen-bond donors (Lipinski definition) is 2. The summed E-state index contributed by atoms with van der Waals surface area (Å²) in [5, 5.41) is 5.21. The van der Waals surface area contributed by atoms with Gasteiger partial charge in [-0.15, -0.1) is 0 Å². The summed E-state index contributed by atoms with van der Waals surface area (Å²) in [4.78, 5) is 24.1. The Labute approximate surface area is 135 Å². The highest BCUT2D eigenvalue weighted by molar-refractivity contribution is 6.43. The van der Waals surface area contributed by atoms with Crippen LogP contribution in [0.3, 0.4) is 0 Å². The first-order chi connectivity index (χ1) is 11.0. The van der Waals surface area contributed by atoms with E-state index in [4.69, 9.17) is 4.74 Å². The molecule has 0 saturated heterocycles. The topological polar surface area (TPSA) is 67.4 Å². The summed E-state index contributed by atoms with van der Waals surface area (Å²) < 4.78 is 5.08. The molecule has 2 N–H and O–H groups in total. The molecule has 0 heterocycles. The lowest BCUT2D eigenvalue weighted by atomic mass is 10.0. The monoisotopic (exact) mass is 312 g/mol. The Morgan fingerprint density at radius 2 is 1.65 bits per heavy atom. The van der Waals surface area contributed by atoms with Gasteiger partial charge in [-0.1, -0.05) is 38.1 Å². The highest BCUT2D eigenvalue weighted by Gasteiger charge is 2.16. The van der Waals surface area contributed by atoms with Gasteiger partial charge in [0.15, 0.2) is 0 Å². The summed E-state index contributed by atoms with van der Waals surface area (Å²) in [5.41, 5.74) is 2.13. The van der Waals surface area contributed by atoms with Crippen molar-refractivity contribution in [1.29, 1.82) is 0 Å². The third kappa shape index (κ3) is 4.32. The first kappa shape index (κ1) is 16.5. The second-order valence-corrected chi connectivity index (χ2v) is 5.38. The lowest BCUT2D eigenvalue weighted by Crippen LogP contribution is -2.29. The minimum Gasteiger partial charge on any atom is -0.497 e. The van der Waals surface area contributed by atoms with Crippen molar-refractivity contribution in [2.45, 2.75) is 19.8 Å². The molecule has 5 heteroatoms. The van der Waals surface area contributed by atoms with Gasteiger partial charge in [0, 0.05) is 17.4 Å². The molecule has 0 unspecified atom stereocenters. The van der Waals surface area contributed by atoms with E-state index in [1.54, 1.807) is 30.3 Å². The average molecular weight is 312 g/mol. The van der Waals surface area contributed by atoms with Crippen LogP contribution in [0.5, 0.6) is 5.75 Å². The zero-order valence-corrected chi connectivity index (χ0v) is 13.4. The lowest BCUT2D eigenvalue weighted by molar-refractivity contribution is -0.133. The van der Waals surface area contributed by atoms with Gasteiger partial charge in [0.1, 0.15) is 5.75 Å². The fraction of sp³-hybridized carbons (Fsp3) is 0.222. The van der Waals surface area contributed by atoms with Crippen LogP contribution < -0.4 is 15.4 Å². The molecule has 2 amide bonds. The van der Waals surface area contributed by atoms with Crippen molar-refractivity contribution in [3.05, 3.63) is 54.1 Å². The average Bonchev–Trinajstić information content (AvgIpc) is 2.55. The molecule has 0 bridgehead atoms. The van der Waals surface area contributed by atoms with E-state index in [0.717, 1.165) is 5.56 Å². The molecule has 0 fully saturated rings. The number of para-hydroxylation sites is 1. The Balaban J connectivity index is 2.07. The second-order valence-electron chi connectivity index (χ2n) is 5.38. The number of hydrogen-bond acceptors (Lipinski definition) is 3. The van der Waals surface area contributed by atoms with Gasteiger partial charge in [-0.05, 0) is 29.7 Å². The van der Waals surface area contributed by atoms with Crippen LogP contribution in [0.1, 0.15) is 25.3 Å². The number of ether oxygens (including phenoxy) is 1. The molecule has 0 saturated carbocycles. The molecule has 5 nitrogen and oxygen atoms in total. The molecule has 2 rings (SSSR count). The van der Waals surface area contributed by atoms with Crippen molar-refractivity contribution in [2.75, 3.05) is 17.7 Å². The van der Waals surface area contributed by atoms with E-state index in [9.17, 15) is 9.59 Å². The molecule has 0 atom stereocenters. The molecular formula is C18H20N2O3. The van der Waals surface area contributed by atoms with Gasteiger partial charge < -0.3 is 15.4 Å². The molecule has 2 aromatic rings. The summed E-state index contributed by atoms with van der Waals surface area (Å²) in [5.74, 6) is -0.584. The highest BCUT2D eigenvalue weighted by Crippen LogP contribution is 2.23. The lowest BCUT2D eigenvalue weighted by Gasteiger charge is -2.13. The Bertz CT molecular complexity index is 711. The van der Waals surface area contributed by atoms with Crippen molar-refractivity contribution in [2.24, 2.45) is 0 Å². The van der Waals surface area contributed by atoms with Crippen LogP contribution in [0.15, 0.2) is 48.5 Å². The Morgan fingerprint density at radius 1 is 0.957 bits per heavy atom. The molecule has 0 radical (unpaired) electrons. The van der Waals surface area contributed by atoms with Gasteiger partial charge in [-0.25, -0.2) is 0 Å². The van der Waals surface area contributed by atoms with Crippen molar-refractivity contribution in [1.82, 2.24) is 0 Å². The molecule has 0 aliphatic heterocycles. The first-order valence-corrected chi connectivity index (χ1v) is 7.36. The molecule has 120 valence electrons. The zero-order valence-electron chi connectivity index (χ0n) is 13.4. The SMILES string of the molecule is COc1cccc(NC(=O)C(=O)Nc2ccccc2C(C)C)c1. The molecule has 0 aromatic heterocycles. The smallest absolute Gasteiger partial charge is 0.314 e. The second kappa shape index (κ2) is 7.45. The van der Waals surface area contributed by atoms with Crippen LogP contribution in [-0.2, 0) is 9.59 Å². The van der Waals surface area contributed by atoms with E-state index in [1.165, 1.54) is 7.11 Å². The summed E-state index contributed by atoms with van der Waals surface area (Å²) in [6.45, 7) is 4.06. The number of carbonyl (C=O) groups excluding carboxylic acids is 2. The maximum absolute atomic E-state index is 12.1. The molecule has 0 aliphatic carbocycles. The van der Waals surface area contributed by atoms with E-state index in [1.807, 2.05) is 32.0 Å². The minimum absolute atomic E-state index is 0.243. The Morgan fingerprint density at radius 3 is 2.35 bits per heavy atom. The standard InChI is InChI=1S/C18H20N2O3/c1-12(2)15-9-4-5-10-16(15)20-18(22)17(21)19-13-7-6-8-14(11-13)23-3/h4-12H,1-3H3,(H,19,21)(H,20,22). The van der Waals surface area contributed by atoms with Crippen LogP contribution in [0, 0.1) is 0 Å². The van der Waals surface area contributed by atoms with Crippen LogP contribution in [0.2, 0.25) is 0 Å². The van der Waals surface area contributed by atoms with Crippen LogP contribution in [-0.4, -0.2) is 18.9 Å². The fourth-order valence-corrected chi connectivity index (χ4v) is 2.18. The number of anilines is 2. The van der Waals surface area contributed by atoms with Gasteiger partial charge in [0.25, 0.3) is 0 Å². The molecule has 0 spiro atoms. The number of methoxy groups -OCH3 is 1. The zero-order chi connectivity index (χ0) is 16.8. The molecular weight excluding hydrogens is 292 g/mol. The molecule has 23 heavy (non-hydrogen) atoms. The third-order valence-electron chi connectivity index (χ3n) is 3.36. The summed E-state index contributed by atoms with van der Waals surface area (Å²) in [6, 6.07) is 14.3. The normalized spacial score (nSPS) is 10.3. The quantitative estimate of drug-likeness (QED) is 0.850. The van der Waals surface area contributed by atoms with Crippen molar-refractivity contribution in [3.8, 4) is 5.75 Å². The maximum Gasteiger partial charge on any atom is 0.314 e. The van der Waals surface area contributed by atoms with E-state index < -0.39 is 11.8 Å². The maximum atomic E-state index is 12.1. The summed E-state index contributed by atoms with van der Waals surface area (Å²) in [6.07, 6.45) is 0.